The molecule has 0 radical (unpaired) electrons. The Bertz CT molecular complexity index is 1410. The molecule has 0 heterocycles. The average Bonchev–Trinajstić information content (AvgIpc) is 2.94. The van der Waals surface area contributed by atoms with Gasteiger partial charge in [-0.15, -0.1) is 0 Å². The van der Waals surface area contributed by atoms with E-state index in [1.165, 1.54) is 31.2 Å². The number of ether oxygens (including phenoxy) is 2. The van der Waals surface area contributed by atoms with Crippen molar-refractivity contribution in [1.82, 2.24) is 10.2 Å². The van der Waals surface area contributed by atoms with Crippen molar-refractivity contribution in [3.63, 3.8) is 0 Å². The van der Waals surface area contributed by atoms with Gasteiger partial charge < -0.3 is 19.7 Å². The number of nitrogens with zero attached hydrogens (tertiary/aromatic N) is 2. The summed E-state index contributed by atoms with van der Waals surface area (Å²) in [5.41, 5.74) is 2.66. The number of hydrogen-bond acceptors (Lipinski definition) is 6. The Kier molecular flexibility index (Phi) is 9.58. The first-order valence-electron chi connectivity index (χ1n) is 12.4. The lowest BCUT2D eigenvalue weighted by Gasteiger charge is -2.32. The molecule has 208 valence electrons. The maximum atomic E-state index is 14.0. The summed E-state index contributed by atoms with van der Waals surface area (Å²) < 4.78 is 39.7. The molecule has 39 heavy (non-hydrogen) atoms. The number of nitrogens with one attached hydrogen (secondary N) is 1. The largest absolute Gasteiger partial charge is 0.497 e. The van der Waals surface area contributed by atoms with Crippen LogP contribution in [0.5, 0.6) is 11.5 Å². The lowest BCUT2D eigenvalue weighted by Crippen LogP contribution is -2.50. The molecule has 0 saturated heterocycles. The molecule has 0 fully saturated rings. The second-order valence-electron chi connectivity index (χ2n) is 9.16. The molecule has 1 atom stereocenters. The van der Waals surface area contributed by atoms with Crippen LogP contribution >= 0.6 is 0 Å². The van der Waals surface area contributed by atoms with Crippen molar-refractivity contribution in [3.8, 4) is 11.5 Å². The smallest absolute Gasteiger partial charge is 0.264 e. The molecule has 0 bridgehead atoms. The molecule has 3 rings (SSSR count). The summed E-state index contributed by atoms with van der Waals surface area (Å²) in [6, 6.07) is 17.8. The van der Waals surface area contributed by atoms with E-state index in [0.29, 0.717) is 11.5 Å². The highest BCUT2D eigenvalue weighted by Crippen LogP contribution is 2.34. The Morgan fingerprint density at radius 3 is 2.08 bits per heavy atom. The molecule has 0 spiro atoms. The Morgan fingerprint density at radius 1 is 0.897 bits per heavy atom. The summed E-state index contributed by atoms with van der Waals surface area (Å²) in [6.45, 7) is 4.82. The third-order valence-corrected chi connectivity index (χ3v) is 8.19. The van der Waals surface area contributed by atoms with E-state index in [2.05, 4.69) is 5.32 Å². The van der Waals surface area contributed by atoms with E-state index in [1.807, 2.05) is 13.8 Å². The predicted octanol–water partition coefficient (Wildman–Crippen LogP) is 3.68. The number of carbonyl (C=O) groups excluding carboxylic acids is 2. The Balaban J connectivity index is 2.09. The number of benzene rings is 3. The fourth-order valence-corrected chi connectivity index (χ4v) is 5.48. The zero-order chi connectivity index (χ0) is 28.7. The first-order chi connectivity index (χ1) is 18.5. The van der Waals surface area contributed by atoms with Crippen molar-refractivity contribution in [3.05, 3.63) is 83.4 Å². The first kappa shape index (κ1) is 29.5. The third kappa shape index (κ3) is 6.88. The second kappa shape index (κ2) is 12.7. The number of aryl methyl sites for hydroxylation is 2. The van der Waals surface area contributed by atoms with Gasteiger partial charge in [-0.1, -0.05) is 35.9 Å². The van der Waals surface area contributed by atoms with Crippen LogP contribution in [-0.4, -0.2) is 59.0 Å². The van der Waals surface area contributed by atoms with Gasteiger partial charge in [0.2, 0.25) is 11.8 Å². The number of sulfonamides is 1. The van der Waals surface area contributed by atoms with Gasteiger partial charge in [0, 0.05) is 13.6 Å². The van der Waals surface area contributed by atoms with E-state index in [4.69, 9.17) is 9.47 Å². The molecule has 2 amide bonds. The lowest BCUT2D eigenvalue weighted by molar-refractivity contribution is -0.139. The maximum Gasteiger partial charge on any atom is 0.264 e. The second-order valence-corrected chi connectivity index (χ2v) is 11.0. The van der Waals surface area contributed by atoms with Gasteiger partial charge in [0.05, 0.1) is 24.8 Å². The molecule has 3 aromatic rings. The summed E-state index contributed by atoms with van der Waals surface area (Å²) in [5.74, 6) is 0.0159. The standard InChI is InChI=1S/C29H35N3O6S/c1-20-7-14-25(15-8-20)39(35,36)32(26-17-21(2)9-16-27(26)38-6)19-28(33)31(22(3)29(34)30-4)18-23-10-12-24(37-5)13-11-23/h7-17,22H,18-19H2,1-6H3,(H,30,34). The minimum atomic E-state index is -4.19. The third-order valence-electron chi connectivity index (χ3n) is 6.42. The number of likely N-dealkylation sites (N-methyl/N-ethyl adjacent to an activating group) is 1. The van der Waals surface area contributed by atoms with Gasteiger partial charge in [-0.25, -0.2) is 8.42 Å². The van der Waals surface area contributed by atoms with Gasteiger partial charge >= 0.3 is 0 Å². The van der Waals surface area contributed by atoms with Crippen LogP contribution in [0.4, 0.5) is 5.69 Å². The quantitative estimate of drug-likeness (QED) is 0.389. The highest BCUT2D eigenvalue weighted by atomic mass is 32.2. The van der Waals surface area contributed by atoms with Gasteiger partial charge in [-0.05, 0) is 68.3 Å². The zero-order valence-electron chi connectivity index (χ0n) is 23.1. The molecule has 1 N–H and O–H groups in total. The average molecular weight is 554 g/mol. The van der Waals surface area contributed by atoms with Gasteiger partial charge in [-0.2, -0.15) is 0 Å². The van der Waals surface area contributed by atoms with Crippen LogP contribution in [-0.2, 0) is 26.2 Å². The summed E-state index contributed by atoms with van der Waals surface area (Å²) in [5, 5.41) is 2.57. The molecule has 9 nitrogen and oxygen atoms in total. The van der Waals surface area contributed by atoms with Crippen molar-refractivity contribution < 1.29 is 27.5 Å². The molecule has 0 aliphatic rings. The van der Waals surface area contributed by atoms with Gasteiger partial charge in [0.15, 0.2) is 0 Å². The monoisotopic (exact) mass is 553 g/mol. The molecule has 10 heteroatoms. The zero-order valence-corrected chi connectivity index (χ0v) is 23.9. The first-order valence-corrected chi connectivity index (χ1v) is 13.8. The highest BCUT2D eigenvalue weighted by Gasteiger charge is 2.33. The lowest BCUT2D eigenvalue weighted by atomic mass is 10.1. The molecule has 0 aliphatic carbocycles. The summed E-state index contributed by atoms with van der Waals surface area (Å²) in [7, 11) is 0.291. The SMILES string of the molecule is CNC(=O)C(C)N(Cc1ccc(OC)cc1)C(=O)CN(c1cc(C)ccc1OC)S(=O)(=O)c1ccc(C)cc1. The van der Waals surface area contributed by atoms with E-state index in [0.717, 1.165) is 21.0 Å². The van der Waals surface area contributed by atoms with Crippen LogP contribution in [0.15, 0.2) is 71.6 Å². The van der Waals surface area contributed by atoms with Crippen LogP contribution in [0.1, 0.15) is 23.6 Å². The molecular weight excluding hydrogens is 518 g/mol. The number of rotatable bonds is 11. The van der Waals surface area contributed by atoms with E-state index >= 15 is 0 Å². The molecule has 3 aromatic carbocycles. The normalized spacial score (nSPS) is 11.8. The molecule has 0 aromatic heterocycles. The fourth-order valence-electron chi connectivity index (χ4n) is 4.06. The maximum absolute atomic E-state index is 14.0. The van der Waals surface area contributed by atoms with Crippen LogP contribution in [0, 0.1) is 13.8 Å². The molecule has 1 unspecified atom stereocenters. The minimum absolute atomic E-state index is 0.0329. The topological polar surface area (TPSA) is 105 Å². The Hall–Kier alpha value is -4.05. The predicted molar refractivity (Wildman–Crippen MR) is 151 cm³/mol. The molecule has 0 saturated carbocycles. The van der Waals surface area contributed by atoms with Crippen molar-refractivity contribution in [2.45, 2.75) is 38.3 Å². The molecule has 0 aliphatic heterocycles. The summed E-state index contributed by atoms with van der Waals surface area (Å²) >= 11 is 0. The van der Waals surface area contributed by atoms with Crippen LogP contribution in [0.2, 0.25) is 0 Å². The summed E-state index contributed by atoms with van der Waals surface area (Å²) in [4.78, 5) is 27.9. The highest BCUT2D eigenvalue weighted by molar-refractivity contribution is 7.92. The van der Waals surface area contributed by atoms with Crippen LogP contribution in [0.3, 0.4) is 0 Å². The van der Waals surface area contributed by atoms with Crippen LogP contribution in [0.25, 0.3) is 0 Å². The Labute approximate surface area is 230 Å². The van der Waals surface area contributed by atoms with Gasteiger partial charge in [-0.3, -0.25) is 13.9 Å². The fraction of sp³-hybridized carbons (Fsp3) is 0.310. The number of anilines is 1. The number of hydrogen-bond donors (Lipinski definition) is 1. The van der Waals surface area contributed by atoms with E-state index in [1.54, 1.807) is 68.6 Å². The molecular formula is C29H35N3O6S. The van der Waals surface area contributed by atoms with Crippen molar-refractivity contribution in [2.75, 3.05) is 32.1 Å². The van der Waals surface area contributed by atoms with Crippen molar-refractivity contribution in [1.29, 1.82) is 0 Å². The van der Waals surface area contributed by atoms with Gasteiger partial charge in [0.25, 0.3) is 10.0 Å². The number of amides is 2. The van der Waals surface area contributed by atoms with Crippen molar-refractivity contribution >= 4 is 27.5 Å². The number of methoxy groups -OCH3 is 2. The number of carbonyl (C=O) groups is 2. The van der Waals surface area contributed by atoms with E-state index < -0.39 is 28.5 Å². The van der Waals surface area contributed by atoms with E-state index in [9.17, 15) is 18.0 Å². The minimum Gasteiger partial charge on any atom is -0.497 e. The van der Waals surface area contributed by atoms with Crippen LogP contribution < -0.4 is 19.1 Å². The van der Waals surface area contributed by atoms with Gasteiger partial charge in [0.1, 0.15) is 24.1 Å². The Morgan fingerprint density at radius 2 is 1.51 bits per heavy atom. The van der Waals surface area contributed by atoms with E-state index in [-0.39, 0.29) is 23.0 Å². The van der Waals surface area contributed by atoms with Crippen molar-refractivity contribution in [2.24, 2.45) is 0 Å². The summed E-state index contributed by atoms with van der Waals surface area (Å²) in [6.07, 6.45) is 0.